The molecule has 0 radical (unpaired) electrons. The first-order valence-electron chi connectivity index (χ1n) is 9.08. The minimum absolute atomic E-state index is 0.00528. The molecule has 0 saturated heterocycles. The maximum Gasteiger partial charge on any atom is 0.262 e. The van der Waals surface area contributed by atoms with Crippen molar-refractivity contribution in [1.29, 1.82) is 0 Å². The normalized spacial score (nSPS) is 11.5. The van der Waals surface area contributed by atoms with Crippen molar-refractivity contribution in [3.63, 3.8) is 0 Å². The number of fused-ring (bicyclic) bond motifs is 1. The maximum absolute atomic E-state index is 13.2. The highest BCUT2D eigenvalue weighted by molar-refractivity contribution is 7.99. The number of sulfonamides is 1. The Morgan fingerprint density at radius 3 is 2.55 bits per heavy atom. The fourth-order valence-corrected chi connectivity index (χ4v) is 5.24. The van der Waals surface area contributed by atoms with E-state index in [9.17, 15) is 18.4 Å². The third-order valence-corrected chi connectivity index (χ3v) is 7.08. The predicted molar refractivity (Wildman–Crippen MR) is 117 cm³/mol. The number of nitrogens with zero attached hydrogens (tertiary/aromatic N) is 3. The quantitative estimate of drug-likeness (QED) is 0.296. The number of phenols is 1. The highest BCUT2D eigenvalue weighted by Gasteiger charge is 2.23. The molecule has 1 heterocycles. The van der Waals surface area contributed by atoms with E-state index in [-0.39, 0.29) is 22.0 Å². The molecule has 0 aliphatic carbocycles. The molecule has 11 heteroatoms. The SMILES string of the molecule is Cc1ccc([N+](C)=O)cc1S(=O)(=O)Nc1cc(Sc2ncn[nH]2)c(O)c2ccccc12. The molecule has 0 aliphatic rings. The van der Waals surface area contributed by atoms with E-state index in [4.69, 9.17) is 0 Å². The van der Waals surface area contributed by atoms with E-state index >= 15 is 0 Å². The minimum Gasteiger partial charge on any atom is -0.506 e. The zero-order valence-corrected chi connectivity index (χ0v) is 18.2. The molecule has 3 N–H and O–H groups in total. The van der Waals surface area contributed by atoms with Crippen LogP contribution < -0.4 is 4.72 Å². The van der Waals surface area contributed by atoms with Gasteiger partial charge in [0.1, 0.15) is 12.1 Å². The molecule has 0 spiro atoms. The third kappa shape index (κ3) is 4.09. The molecule has 0 fully saturated rings. The molecule has 4 aromatic rings. The van der Waals surface area contributed by atoms with Crippen molar-refractivity contribution in [2.24, 2.45) is 0 Å². The van der Waals surface area contributed by atoms with Crippen molar-refractivity contribution in [3.05, 3.63) is 65.3 Å². The van der Waals surface area contributed by atoms with Crippen molar-refractivity contribution in [2.45, 2.75) is 21.9 Å². The number of hydrogen-bond acceptors (Lipinski definition) is 7. The number of phenolic OH excluding ortho intramolecular Hbond substituents is 1. The fraction of sp³-hybridized carbons (Fsp3) is 0.100. The molecule has 0 atom stereocenters. The van der Waals surface area contributed by atoms with Crippen LogP contribution in [-0.4, -0.2) is 40.5 Å². The molecule has 31 heavy (non-hydrogen) atoms. The monoisotopic (exact) mass is 456 g/mol. The van der Waals surface area contributed by atoms with Gasteiger partial charge in [-0.25, -0.2) is 13.4 Å². The second kappa shape index (κ2) is 8.00. The Morgan fingerprint density at radius 1 is 1.13 bits per heavy atom. The van der Waals surface area contributed by atoms with Crippen LogP contribution in [0.15, 0.2) is 69.8 Å². The summed E-state index contributed by atoms with van der Waals surface area (Å²) in [5.41, 5.74) is 1.01. The first-order chi connectivity index (χ1) is 14.8. The number of aromatic nitrogens is 3. The number of aryl methyl sites for hydroxylation is 1. The molecule has 0 bridgehead atoms. The summed E-state index contributed by atoms with van der Waals surface area (Å²) < 4.78 is 29.7. The number of aromatic amines is 1. The number of H-pyrrole nitrogens is 1. The average molecular weight is 457 g/mol. The highest BCUT2D eigenvalue weighted by atomic mass is 32.2. The number of aromatic hydroxyl groups is 1. The van der Waals surface area contributed by atoms with Crippen molar-refractivity contribution < 1.29 is 18.3 Å². The van der Waals surface area contributed by atoms with Gasteiger partial charge in [0, 0.05) is 32.6 Å². The standard InChI is InChI=1S/C20H17N5O4S2/c1-12-7-8-13(25(2)27)9-18(12)31(28,29)24-16-10-17(30-20-21-11-22-23-20)19(26)15-6-4-3-5-14(15)16/h3-11,24H,1-2H3,(H-,21,22,23,26)/p+1. The second-order valence-corrected chi connectivity index (χ2v) is 9.44. The van der Waals surface area contributed by atoms with Gasteiger partial charge >= 0.3 is 0 Å². The minimum atomic E-state index is -4.03. The van der Waals surface area contributed by atoms with Crippen LogP contribution in [-0.2, 0) is 10.0 Å². The van der Waals surface area contributed by atoms with E-state index in [1.807, 2.05) is 0 Å². The van der Waals surface area contributed by atoms with E-state index in [0.717, 1.165) is 11.8 Å². The Bertz CT molecular complexity index is 1400. The predicted octanol–water partition coefficient (Wildman–Crippen LogP) is 3.96. The van der Waals surface area contributed by atoms with E-state index in [2.05, 4.69) is 19.9 Å². The van der Waals surface area contributed by atoms with Crippen LogP contribution in [0.25, 0.3) is 10.8 Å². The lowest BCUT2D eigenvalue weighted by Gasteiger charge is -2.15. The molecule has 1 aromatic heterocycles. The Kier molecular flexibility index (Phi) is 5.38. The Labute approximate surface area is 182 Å². The number of hydrogen-bond donors (Lipinski definition) is 3. The zero-order valence-electron chi connectivity index (χ0n) is 16.5. The van der Waals surface area contributed by atoms with Gasteiger partial charge in [-0.05, 0) is 30.3 Å². The van der Waals surface area contributed by atoms with Crippen LogP contribution in [0.3, 0.4) is 0 Å². The summed E-state index contributed by atoms with van der Waals surface area (Å²) >= 11 is 1.12. The molecule has 3 aromatic carbocycles. The Balaban J connectivity index is 1.83. The number of benzene rings is 3. The first-order valence-corrected chi connectivity index (χ1v) is 11.4. The second-order valence-electron chi connectivity index (χ2n) is 6.76. The number of anilines is 1. The van der Waals surface area contributed by atoms with Gasteiger partial charge in [-0.3, -0.25) is 9.82 Å². The summed E-state index contributed by atoms with van der Waals surface area (Å²) in [6, 6.07) is 12.9. The van der Waals surface area contributed by atoms with Gasteiger partial charge < -0.3 is 5.11 Å². The maximum atomic E-state index is 13.2. The van der Waals surface area contributed by atoms with Crippen LogP contribution in [0, 0.1) is 11.8 Å². The van der Waals surface area contributed by atoms with Gasteiger partial charge in [0.15, 0.2) is 12.2 Å². The average Bonchev–Trinajstić information content (AvgIpc) is 3.24. The topological polar surface area (TPSA) is 128 Å². The van der Waals surface area contributed by atoms with Crippen molar-refractivity contribution in [1.82, 2.24) is 15.2 Å². The van der Waals surface area contributed by atoms with E-state index in [0.29, 0.717) is 31.1 Å². The van der Waals surface area contributed by atoms with Crippen molar-refractivity contribution >= 4 is 43.9 Å². The van der Waals surface area contributed by atoms with Crippen LogP contribution in [0.5, 0.6) is 5.75 Å². The summed E-state index contributed by atoms with van der Waals surface area (Å²) in [7, 11) is -2.72. The number of nitroso groups, excluding NO2 is 1. The van der Waals surface area contributed by atoms with E-state index in [1.54, 1.807) is 49.4 Å². The van der Waals surface area contributed by atoms with Gasteiger partial charge in [0.25, 0.3) is 15.7 Å². The van der Waals surface area contributed by atoms with Gasteiger partial charge in [-0.15, -0.1) is 0 Å². The molecule has 0 saturated carbocycles. The number of nitrogens with one attached hydrogen (secondary N) is 2. The molecule has 158 valence electrons. The van der Waals surface area contributed by atoms with Crippen LogP contribution in [0.1, 0.15) is 5.56 Å². The Hall–Kier alpha value is -3.44. The molecular weight excluding hydrogens is 438 g/mol. The van der Waals surface area contributed by atoms with E-state index < -0.39 is 10.0 Å². The zero-order chi connectivity index (χ0) is 22.2. The summed E-state index contributed by atoms with van der Waals surface area (Å²) in [5.74, 6) is 0.00565. The van der Waals surface area contributed by atoms with Gasteiger partial charge in [0.05, 0.1) is 15.5 Å². The van der Waals surface area contributed by atoms with Gasteiger partial charge in [-0.1, -0.05) is 30.3 Å². The van der Waals surface area contributed by atoms with Gasteiger partial charge in [-0.2, -0.15) is 5.10 Å². The van der Waals surface area contributed by atoms with Crippen molar-refractivity contribution in [3.8, 4) is 5.75 Å². The lowest BCUT2D eigenvalue weighted by molar-refractivity contribution is -0.428. The van der Waals surface area contributed by atoms with Crippen LogP contribution in [0.4, 0.5) is 11.4 Å². The summed E-state index contributed by atoms with van der Waals surface area (Å²) in [4.78, 5) is 16.1. The molecule has 9 nitrogen and oxygen atoms in total. The van der Waals surface area contributed by atoms with Crippen molar-refractivity contribution in [2.75, 3.05) is 11.8 Å². The highest BCUT2D eigenvalue weighted by Crippen LogP contribution is 2.42. The van der Waals surface area contributed by atoms with E-state index in [1.165, 1.54) is 19.4 Å². The van der Waals surface area contributed by atoms with Crippen LogP contribution >= 0.6 is 11.8 Å². The molecule has 0 aliphatic heterocycles. The molecule has 0 unspecified atom stereocenters. The first kappa shape index (κ1) is 20.8. The van der Waals surface area contributed by atoms with Crippen LogP contribution in [0.2, 0.25) is 0 Å². The molecular formula is C20H18N5O4S2+. The fourth-order valence-electron chi connectivity index (χ4n) is 3.12. The summed E-state index contributed by atoms with van der Waals surface area (Å²) in [6.07, 6.45) is 1.34. The third-order valence-electron chi connectivity index (χ3n) is 4.65. The van der Waals surface area contributed by atoms with Gasteiger partial charge in [0.2, 0.25) is 0 Å². The lowest BCUT2D eigenvalue weighted by Crippen LogP contribution is -2.15. The lowest BCUT2D eigenvalue weighted by atomic mass is 10.1. The number of rotatable bonds is 6. The summed E-state index contributed by atoms with van der Waals surface area (Å²) in [5, 5.41) is 18.7. The molecule has 0 amide bonds. The molecule has 4 rings (SSSR count). The Morgan fingerprint density at radius 2 is 1.87 bits per heavy atom. The smallest absolute Gasteiger partial charge is 0.262 e. The largest absolute Gasteiger partial charge is 0.506 e. The summed E-state index contributed by atoms with van der Waals surface area (Å²) in [6.45, 7) is 1.66.